The Bertz CT molecular complexity index is 406. The first kappa shape index (κ1) is 16.3. The van der Waals surface area contributed by atoms with E-state index in [0.29, 0.717) is 13.0 Å². The summed E-state index contributed by atoms with van der Waals surface area (Å²) >= 11 is 0. The molecule has 2 rings (SSSR count). The van der Waals surface area contributed by atoms with E-state index < -0.39 is 0 Å². The van der Waals surface area contributed by atoms with Gasteiger partial charge in [0.1, 0.15) is 0 Å². The molecule has 4 heteroatoms. The van der Waals surface area contributed by atoms with Crippen LogP contribution in [0.15, 0.2) is 0 Å². The minimum Gasteiger partial charge on any atom is -0.351 e. The van der Waals surface area contributed by atoms with Crippen LogP contribution in [-0.4, -0.2) is 35.8 Å². The maximum Gasteiger partial charge on any atom is 0.226 e. The molecule has 0 aromatic carbocycles. The van der Waals surface area contributed by atoms with Crippen molar-refractivity contribution in [3.05, 3.63) is 0 Å². The highest BCUT2D eigenvalue weighted by Gasteiger charge is 2.38. The lowest BCUT2D eigenvalue weighted by Gasteiger charge is -2.33. The Hall–Kier alpha value is -1.06. The lowest BCUT2D eigenvalue weighted by Crippen LogP contribution is -2.46. The van der Waals surface area contributed by atoms with Crippen molar-refractivity contribution < 1.29 is 9.59 Å². The highest BCUT2D eigenvalue weighted by molar-refractivity contribution is 5.85. The summed E-state index contributed by atoms with van der Waals surface area (Å²) in [6.07, 6.45) is 5.94. The summed E-state index contributed by atoms with van der Waals surface area (Å²) in [4.78, 5) is 26.5. The molecule has 1 aliphatic heterocycles. The fourth-order valence-corrected chi connectivity index (χ4v) is 3.51. The second-order valence-electron chi connectivity index (χ2n) is 8.33. The van der Waals surface area contributed by atoms with E-state index in [9.17, 15) is 9.59 Å². The second kappa shape index (κ2) is 5.98. The molecular formula is C17H30N2O2. The summed E-state index contributed by atoms with van der Waals surface area (Å²) in [7, 11) is 0. The molecule has 1 heterocycles. The molecule has 0 spiro atoms. The minimum atomic E-state index is -0.223. The van der Waals surface area contributed by atoms with E-state index in [4.69, 9.17) is 0 Å². The maximum atomic E-state index is 12.5. The quantitative estimate of drug-likeness (QED) is 0.870. The maximum absolute atomic E-state index is 12.5. The van der Waals surface area contributed by atoms with E-state index in [1.54, 1.807) is 0 Å². The second-order valence-corrected chi connectivity index (χ2v) is 8.33. The fraction of sp³-hybridized carbons (Fsp3) is 0.882. The zero-order chi connectivity index (χ0) is 15.7. The number of rotatable bonds is 3. The third-order valence-corrected chi connectivity index (χ3v) is 4.72. The van der Waals surface area contributed by atoms with Crippen molar-refractivity contribution in [3.63, 3.8) is 0 Å². The van der Waals surface area contributed by atoms with E-state index >= 15 is 0 Å². The van der Waals surface area contributed by atoms with Crippen molar-refractivity contribution in [1.82, 2.24) is 10.2 Å². The average Bonchev–Trinajstić information content (AvgIpc) is 2.68. The van der Waals surface area contributed by atoms with Crippen LogP contribution >= 0.6 is 0 Å². The summed E-state index contributed by atoms with van der Waals surface area (Å²) in [6.45, 7) is 9.90. The number of hydrogen-bond acceptors (Lipinski definition) is 2. The van der Waals surface area contributed by atoms with Gasteiger partial charge in [-0.05, 0) is 18.3 Å². The van der Waals surface area contributed by atoms with Crippen LogP contribution in [0.4, 0.5) is 0 Å². The third-order valence-electron chi connectivity index (χ3n) is 4.72. The summed E-state index contributed by atoms with van der Waals surface area (Å²) < 4.78 is 0. The Morgan fingerprint density at radius 3 is 2.48 bits per heavy atom. The van der Waals surface area contributed by atoms with E-state index in [-0.39, 0.29) is 28.7 Å². The molecule has 0 radical (unpaired) electrons. The number of carbonyl (C=O) groups is 2. The molecule has 1 atom stereocenters. The standard InChI is InChI=1S/C17H30N2O2/c1-16(2,3)12-19-11-13(10-14(19)20)18-15(21)17(4)8-6-5-7-9-17/h13H,5-12H2,1-4H3,(H,18,21). The molecule has 0 aromatic rings. The Balaban J connectivity index is 1.89. The van der Waals surface area contributed by atoms with Gasteiger partial charge in [-0.2, -0.15) is 0 Å². The molecule has 2 fully saturated rings. The van der Waals surface area contributed by atoms with E-state index in [1.807, 2.05) is 4.90 Å². The zero-order valence-corrected chi connectivity index (χ0v) is 14.0. The van der Waals surface area contributed by atoms with Crippen LogP contribution in [0.3, 0.4) is 0 Å². The Labute approximate surface area is 128 Å². The zero-order valence-electron chi connectivity index (χ0n) is 14.0. The fourth-order valence-electron chi connectivity index (χ4n) is 3.51. The van der Waals surface area contributed by atoms with Crippen molar-refractivity contribution in [1.29, 1.82) is 0 Å². The monoisotopic (exact) mass is 294 g/mol. The first-order valence-electron chi connectivity index (χ1n) is 8.28. The van der Waals surface area contributed by atoms with Crippen LogP contribution in [0.2, 0.25) is 0 Å². The topological polar surface area (TPSA) is 49.4 Å². The molecule has 21 heavy (non-hydrogen) atoms. The first-order valence-corrected chi connectivity index (χ1v) is 8.28. The smallest absolute Gasteiger partial charge is 0.226 e. The molecule has 1 saturated carbocycles. The molecular weight excluding hydrogens is 264 g/mol. The van der Waals surface area contributed by atoms with Crippen LogP contribution in [0.5, 0.6) is 0 Å². The van der Waals surface area contributed by atoms with Crippen LogP contribution in [0.1, 0.15) is 66.2 Å². The van der Waals surface area contributed by atoms with Crippen LogP contribution in [-0.2, 0) is 9.59 Å². The number of hydrogen-bond donors (Lipinski definition) is 1. The van der Waals surface area contributed by atoms with Gasteiger partial charge in [0.15, 0.2) is 0 Å². The molecule has 1 N–H and O–H groups in total. The van der Waals surface area contributed by atoms with Gasteiger partial charge in [-0.15, -0.1) is 0 Å². The SMILES string of the molecule is CC(C)(C)CN1CC(NC(=O)C2(C)CCCCC2)CC1=O. The summed E-state index contributed by atoms with van der Waals surface area (Å²) in [5.74, 6) is 0.321. The lowest BCUT2D eigenvalue weighted by molar-refractivity contribution is -0.132. The molecule has 2 aliphatic rings. The van der Waals surface area contributed by atoms with Gasteiger partial charge >= 0.3 is 0 Å². The van der Waals surface area contributed by atoms with Crippen LogP contribution in [0, 0.1) is 10.8 Å². The van der Waals surface area contributed by atoms with Gasteiger partial charge in [-0.1, -0.05) is 47.0 Å². The Morgan fingerprint density at radius 2 is 1.90 bits per heavy atom. The van der Waals surface area contributed by atoms with Crippen LogP contribution < -0.4 is 5.32 Å². The van der Waals surface area contributed by atoms with E-state index in [2.05, 4.69) is 33.0 Å². The number of amides is 2. The summed E-state index contributed by atoms with van der Waals surface area (Å²) in [5, 5.41) is 3.13. The van der Waals surface area contributed by atoms with Crippen molar-refractivity contribution in [3.8, 4) is 0 Å². The third kappa shape index (κ3) is 4.21. The molecule has 120 valence electrons. The first-order chi connectivity index (χ1) is 9.70. The largest absolute Gasteiger partial charge is 0.351 e. The number of carbonyl (C=O) groups excluding carboxylic acids is 2. The van der Waals surface area contributed by atoms with Gasteiger partial charge in [0.05, 0.1) is 6.04 Å². The van der Waals surface area contributed by atoms with Gasteiger partial charge in [-0.25, -0.2) is 0 Å². The van der Waals surface area contributed by atoms with Crippen molar-refractivity contribution in [2.24, 2.45) is 10.8 Å². The molecule has 1 saturated heterocycles. The van der Waals surface area contributed by atoms with Gasteiger partial charge in [0.2, 0.25) is 11.8 Å². The highest BCUT2D eigenvalue weighted by Crippen LogP contribution is 2.36. The molecule has 1 aliphatic carbocycles. The summed E-state index contributed by atoms with van der Waals surface area (Å²) in [5.41, 5.74) is -0.122. The minimum absolute atomic E-state index is 0.00824. The molecule has 1 unspecified atom stereocenters. The Morgan fingerprint density at radius 1 is 1.29 bits per heavy atom. The number of likely N-dealkylation sites (tertiary alicyclic amines) is 1. The van der Waals surface area contributed by atoms with Gasteiger partial charge in [-0.3, -0.25) is 9.59 Å². The number of nitrogens with zero attached hydrogens (tertiary/aromatic N) is 1. The van der Waals surface area contributed by atoms with Crippen molar-refractivity contribution in [2.45, 2.75) is 72.3 Å². The average molecular weight is 294 g/mol. The molecule has 2 amide bonds. The Kier molecular flexibility index (Phi) is 4.64. The van der Waals surface area contributed by atoms with Gasteiger partial charge < -0.3 is 10.2 Å². The predicted octanol–water partition coefficient (Wildman–Crippen LogP) is 2.72. The van der Waals surface area contributed by atoms with Crippen molar-refractivity contribution in [2.75, 3.05) is 13.1 Å². The number of nitrogens with one attached hydrogen (secondary N) is 1. The van der Waals surface area contributed by atoms with E-state index in [0.717, 1.165) is 32.2 Å². The lowest BCUT2D eigenvalue weighted by atomic mass is 9.75. The van der Waals surface area contributed by atoms with Crippen LogP contribution in [0.25, 0.3) is 0 Å². The summed E-state index contributed by atoms with van der Waals surface area (Å²) in [6, 6.07) is -0.00824. The highest BCUT2D eigenvalue weighted by atomic mass is 16.2. The van der Waals surface area contributed by atoms with Crippen molar-refractivity contribution >= 4 is 11.8 Å². The predicted molar refractivity (Wildman–Crippen MR) is 83.8 cm³/mol. The molecule has 0 aromatic heterocycles. The normalized spacial score (nSPS) is 26.0. The molecule has 0 bridgehead atoms. The van der Waals surface area contributed by atoms with Gasteiger partial charge in [0, 0.05) is 24.9 Å². The molecule has 4 nitrogen and oxygen atoms in total. The van der Waals surface area contributed by atoms with Gasteiger partial charge in [0.25, 0.3) is 0 Å². The van der Waals surface area contributed by atoms with E-state index in [1.165, 1.54) is 6.42 Å².